The first-order valence-corrected chi connectivity index (χ1v) is 10.3. The van der Waals surface area contributed by atoms with Crippen molar-refractivity contribution in [2.75, 3.05) is 11.9 Å². The summed E-state index contributed by atoms with van der Waals surface area (Å²) in [4.78, 5) is 17.2. The molecule has 0 radical (unpaired) electrons. The van der Waals surface area contributed by atoms with Crippen molar-refractivity contribution in [3.05, 3.63) is 82.4 Å². The number of nitrogens with one attached hydrogen (secondary N) is 2. The smallest absolute Gasteiger partial charge is 0.258 e. The van der Waals surface area contributed by atoms with Gasteiger partial charge in [-0.25, -0.2) is 4.39 Å². The third-order valence-electron chi connectivity index (χ3n) is 5.10. The quantitative estimate of drug-likeness (QED) is 0.458. The lowest BCUT2D eigenvalue weighted by atomic mass is 10.1. The second kappa shape index (κ2) is 10.0. The highest BCUT2D eigenvalue weighted by Gasteiger charge is 2.12. The molecule has 0 atom stereocenters. The summed E-state index contributed by atoms with van der Waals surface area (Å²) in [5, 5.41) is 10.5. The molecule has 0 bridgehead atoms. The van der Waals surface area contributed by atoms with Gasteiger partial charge in [0.1, 0.15) is 5.82 Å². The molecule has 1 amide bonds. The van der Waals surface area contributed by atoms with Crippen LogP contribution in [0, 0.1) is 26.6 Å². The number of aromatic nitrogens is 2. The molecule has 0 saturated carbocycles. The monoisotopic (exact) mass is 421 g/mol. The molecule has 1 aromatic heterocycles. The Bertz CT molecular complexity index is 1090. The van der Waals surface area contributed by atoms with Gasteiger partial charge in [0, 0.05) is 30.0 Å². The molecule has 2 aromatic carbocycles. The van der Waals surface area contributed by atoms with Gasteiger partial charge in [0.2, 0.25) is 5.96 Å². The summed E-state index contributed by atoms with van der Waals surface area (Å²) in [6.45, 7) is 9.41. The van der Waals surface area contributed by atoms with Crippen molar-refractivity contribution >= 4 is 17.6 Å². The standard InChI is InChI=1S/C24H28FN5O/c1-5-30-18(4)22(17(3)29-30)13-14-26-24(27-21-11-9-16(2)10-12-21)28-23(31)19-7-6-8-20(25)15-19/h6-12,15H,5,13-14H2,1-4H3,(H2,26,27,28,31). The average molecular weight is 422 g/mol. The summed E-state index contributed by atoms with van der Waals surface area (Å²) in [5.41, 5.74) is 5.45. The van der Waals surface area contributed by atoms with Crippen LogP contribution in [0.25, 0.3) is 0 Å². The van der Waals surface area contributed by atoms with Crippen molar-refractivity contribution in [3.8, 4) is 0 Å². The summed E-state index contributed by atoms with van der Waals surface area (Å²) >= 11 is 0. The molecule has 0 aliphatic carbocycles. The van der Waals surface area contributed by atoms with E-state index in [-0.39, 0.29) is 5.56 Å². The molecule has 0 spiro atoms. The molecule has 0 aliphatic rings. The number of anilines is 1. The maximum absolute atomic E-state index is 13.5. The largest absolute Gasteiger partial charge is 0.326 e. The zero-order chi connectivity index (χ0) is 22.4. The van der Waals surface area contributed by atoms with Crippen LogP contribution in [0.15, 0.2) is 53.5 Å². The highest BCUT2D eigenvalue weighted by molar-refractivity contribution is 6.09. The number of hydrogen-bond donors (Lipinski definition) is 2. The lowest BCUT2D eigenvalue weighted by Crippen LogP contribution is -2.36. The number of hydrogen-bond acceptors (Lipinski definition) is 3. The Morgan fingerprint density at radius 3 is 2.52 bits per heavy atom. The van der Waals surface area contributed by atoms with Gasteiger partial charge in [-0.05, 0) is 70.0 Å². The molecule has 0 aliphatic heterocycles. The summed E-state index contributed by atoms with van der Waals surface area (Å²) in [6.07, 6.45) is 0.701. The first kappa shape index (κ1) is 22.2. The molecule has 31 heavy (non-hydrogen) atoms. The van der Waals surface area contributed by atoms with Crippen LogP contribution in [0.2, 0.25) is 0 Å². The topological polar surface area (TPSA) is 71.3 Å². The molecule has 0 unspecified atom stereocenters. The number of aliphatic imine (C=N–C) groups is 1. The fraction of sp³-hybridized carbons (Fsp3) is 0.292. The first-order valence-electron chi connectivity index (χ1n) is 10.3. The molecule has 6 nitrogen and oxygen atoms in total. The second-order valence-corrected chi connectivity index (χ2v) is 7.40. The summed E-state index contributed by atoms with van der Waals surface area (Å²) in [6, 6.07) is 13.3. The van der Waals surface area contributed by atoms with Gasteiger partial charge in [-0.1, -0.05) is 23.8 Å². The normalized spacial score (nSPS) is 11.5. The van der Waals surface area contributed by atoms with E-state index in [4.69, 9.17) is 0 Å². The van der Waals surface area contributed by atoms with Crippen LogP contribution in [-0.4, -0.2) is 28.2 Å². The van der Waals surface area contributed by atoms with Gasteiger partial charge >= 0.3 is 0 Å². The molecule has 7 heteroatoms. The molecule has 3 rings (SSSR count). The van der Waals surface area contributed by atoms with Crippen molar-refractivity contribution in [2.24, 2.45) is 4.99 Å². The van der Waals surface area contributed by atoms with Gasteiger partial charge < -0.3 is 5.32 Å². The van der Waals surface area contributed by atoms with Crippen LogP contribution in [0.3, 0.4) is 0 Å². The Kier molecular flexibility index (Phi) is 7.18. The first-order chi connectivity index (χ1) is 14.9. The molecule has 2 N–H and O–H groups in total. The van der Waals surface area contributed by atoms with Crippen molar-refractivity contribution in [3.63, 3.8) is 0 Å². The van der Waals surface area contributed by atoms with E-state index in [2.05, 4.69) is 34.6 Å². The minimum Gasteiger partial charge on any atom is -0.326 e. The predicted molar refractivity (Wildman–Crippen MR) is 122 cm³/mol. The van der Waals surface area contributed by atoms with E-state index < -0.39 is 11.7 Å². The Hall–Kier alpha value is -3.48. The van der Waals surface area contributed by atoms with Crippen molar-refractivity contribution in [1.29, 1.82) is 0 Å². The van der Waals surface area contributed by atoms with Gasteiger partial charge in [-0.15, -0.1) is 0 Å². The van der Waals surface area contributed by atoms with Crippen LogP contribution in [0.5, 0.6) is 0 Å². The van der Waals surface area contributed by atoms with Gasteiger partial charge in [-0.3, -0.25) is 19.8 Å². The number of guanidine groups is 1. The van der Waals surface area contributed by atoms with Gasteiger partial charge in [0.25, 0.3) is 5.91 Å². The van der Waals surface area contributed by atoms with E-state index in [1.165, 1.54) is 18.2 Å². The Morgan fingerprint density at radius 1 is 1.13 bits per heavy atom. The maximum atomic E-state index is 13.5. The molecule has 1 heterocycles. The summed E-state index contributed by atoms with van der Waals surface area (Å²) in [5.74, 6) is -0.572. The highest BCUT2D eigenvalue weighted by atomic mass is 19.1. The van der Waals surface area contributed by atoms with Crippen LogP contribution in [0.1, 0.15) is 39.8 Å². The highest BCUT2D eigenvalue weighted by Crippen LogP contribution is 2.14. The van der Waals surface area contributed by atoms with E-state index in [0.29, 0.717) is 18.9 Å². The molecule has 3 aromatic rings. The van der Waals surface area contributed by atoms with Crippen molar-refractivity contribution in [2.45, 2.75) is 40.7 Å². The number of carbonyl (C=O) groups is 1. The number of aryl methyl sites for hydroxylation is 3. The summed E-state index contributed by atoms with van der Waals surface area (Å²) in [7, 11) is 0. The second-order valence-electron chi connectivity index (χ2n) is 7.40. The Morgan fingerprint density at radius 2 is 1.87 bits per heavy atom. The van der Waals surface area contributed by atoms with E-state index >= 15 is 0 Å². The minimum absolute atomic E-state index is 0.231. The van der Waals surface area contributed by atoms with Crippen LogP contribution in [0.4, 0.5) is 10.1 Å². The average Bonchev–Trinajstić information content (AvgIpc) is 3.02. The van der Waals surface area contributed by atoms with E-state index in [1.54, 1.807) is 6.07 Å². The van der Waals surface area contributed by atoms with Gasteiger partial charge in [0.05, 0.1) is 5.69 Å². The van der Waals surface area contributed by atoms with Gasteiger partial charge in [0.15, 0.2) is 0 Å². The summed E-state index contributed by atoms with van der Waals surface area (Å²) < 4.78 is 15.5. The molecule has 162 valence electrons. The van der Waals surface area contributed by atoms with Crippen LogP contribution >= 0.6 is 0 Å². The van der Waals surface area contributed by atoms with Gasteiger partial charge in [-0.2, -0.15) is 5.10 Å². The zero-order valence-electron chi connectivity index (χ0n) is 18.4. The van der Waals surface area contributed by atoms with Crippen LogP contribution < -0.4 is 10.6 Å². The SMILES string of the molecule is CCn1nc(C)c(CCN=C(NC(=O)c2cccc(F)c2)Nc2ccc(C)cc2)c1C. The lowest BCUT2D eigenvalue weighted by Gasteiger charge is -2.12. The number of benzene rings is 2. The molecular formula is C24H28FN5O. The fourth-order valence-corrected chi connectivity index (χ4v) is 3.38. The number of rotatable bonds is 6. The fourth-order valence-electron chi connectivity index (χ4n) is 3.38. The molecule has 0 fully saturated rings. The minimum atomic E-state index is -0.462. The van der Waals surface area contributed by atoms with Crippen molar-refractivity contribution in [1.82, 2.24) is 15.1 Å². The molecule has 0 saturated heterocycles. The van der Waals surface area contributed by atoms with Crippen molar-refractivity contribution < 1.29 is 9.18 Å². The van der Waals surface area contributed by atoms with Crippen LogP contribution in [-0.2, 0) is 13.0 Å². The third-order valence-corrected chi connectivity index (χ3v) is 5.10. The number of halogens is 1. The molecular weight excluding hydrogens is 393 g/mol. The predicted octanol–water partition coefficient (Wildman–Crippen LogP) is 4.41. The zero-order valence-corrected chi connectivity index (χ0v) is 18.4. The van der Waals surface area contributed by atoms with E-state index in [9.17, 15) is 9.18 Å². The number of amides is 1. The lowest BCUT2D eigenvalue weighted by molar-refractivity contribution is 0.0976. The Balaban J connectivity index is 1.78. The Labute approximate surface area is 182 Å². The number of nitrogens with zero attached hydrogens (tertiary/aromatic N) is 3. The third kappa shape index (κ3) is 5.78. The number of carbonyl (C=O) groups excluding carboxylic acids is 1. The maximum Gasteiger partial charge on any atom is 0.258 e. The van der Waals surface area contributed by atoms with E-state index in [0.717, 1.165) is 34.7 Å². The van der Waals surface area contributed by atoms with E-state index in [1.807, 2.05) is 42.8 Å².